The molecule has 0 saturated heterocycles. The first-order valence-electron chi connectivity index (χ1n) is 6.91. The van der Waals surface area contributed by atoms with Crippen molar-refractivity contribution >= 4 is 18.1 Å². The van der Waals surface area contributed by atoms with Gasteiger partial charge in [0, 0.05) is 25.9 Å². The average Bonchev–Trinajstić information content (AvgIpc) is 2.50. The minimum Gasteiger partial charge on any atom is -0.354 e. The second-order valence-corrected chi connectivity index (χ2v) is 4.64. The molecule has 6 heteroatoms. The molecular formula is C15H21N3O3. The number of nitrogens with two attached hydrogens (primary N) is 1. The Bertz CT molecular complexity index is 462. The van der Waals surface area contributed by atoms with Gasteiger partial charge in [-0.25, -0.2) is 0 Å². The SMILES string of the molecule is NC(Cc1ccccc1)C(=O)NCCNC(=O)CCC=O. The highest BCUT2D eigenvalue weighted by molar-refractivity contribution is 5.82. The Morgan fingerprint density at radius 1 is 1.14 bits per heavy atom. The van der Waals surface area contributed by atoms with Crippen LogP contribution >= 0.6 is 0 Å². The second kappa shape index (κ2) is 9.66. The number of rotatable bonds is 9. The average molecular weight is 291 g/mol. The molecule has 0 radical (unpaired) electrons. The third-order valence-corrected chi connectivity index (χ3v) is 2.87. The van der Waals surface area contributed by atoms with Gasteiger partial charge in [-0.3, -0.25) is 9.59 Å². The van der Waals surface area contributed by atoms with Gasteiger partial charge >= 0.3 is 0 Å². The molecule has 1 unspecified atom stereocenters. The monoisotopic (exact) mass is 291 g/mol. The van der Waals surface area contributed by atoms with Crippen molar-refractivity contribution in [3.8, 4) is 0 Å². The molecule has 1 aromatic carbocycles. The summed E-state index contributed by atoms with van der Waals surface area (Å²) in [6.45, 7) is 0.635. The van der Waals surface area contributed by atoms with Crippen LogP contribution in [0.4, 0.5) is 0 Å². The highest BCUT2D eigenvalue weighted by Gasteiger charge is 2.13. The molecule has 1 rings (SSSR count). The van der Waals surface area contributed by atoms with Gasteiger partial charge in [-0.05, 0) is 12.0 Å². The fourth-order valence-corrected chi connectivity index (χ4v) is 1.76. The van der Waals surface area contributed by atoms with Gasteiger partial charge in [-0.1, -0.05) is 30.3 Å². The molecule has 0 saturated carbocycles. The lowest BCUT2D eigenvalue weighted by atomic mass is 10.1. The number of benzene rings is 1. The molecule has 1 aromatic rings. The van der Waals surface area contributed by atoms with Crippen LogP contribution in [0.2, 0.25) is 0 Å². The van der Waals surface area contributed by atoms with Crippen LogP contribution in [0.25, 0.3) is 0 Å². The third-order valence-electron chi connectivity index (χ3n) is 2.87. The van der Waals surface area contributed by atoms with E-state index in [2.05, 4.69) is 10.6 Å². The normalized spacial score (nSPS) is 11.5. The zero-order valence-corrected chi connectivity index (χ0v) is 11.9. The van der Waals surface area contributed by atoms with E-state index >= 15 is 0 Å². The topological polar surface area (TPSA) is 101 Å². The van der Waals surface area contributed by atoms with Crippen molar-refractivity contribution in [3.05, 3.63) is 35.9 Å². The van der Waals surface area contributed by atoms with Crippen LogP contribution in [0.1, 0.15) is 18.4 Å². The summed E-state index contributed by atoms with van der Waals surface area (Å²) in [4.78, 5) is 33.1. The lowest BCUT2D eigenvalue weighted by Gasteiger charge is -2.12. The minimum absolute atomic E-state index is 0.172. The molecule has 0 aliphatic carbocycles. The minimum atomic E-state index is -0.613. The van der Waals surface area contributed by atoms with E-state index in [-0.39, 0.29) is 24.7 Å². The highest BCUT2D eigenvalue weighted by Crippen LogP contribution is 2.01. The van der Waals surface area contributed by atoms with Crippen LogP contribution in [0.15, 0.2) is 30.3 Å². The van der Waals surface area contributed by atoms with Crippen LogP contribution < -0.4 is 16.4 Å². The van der Waals surface area contributed by atoms with Crippen LogP contribution in [-0.4, -0.2) is 37.2 Å². The fraction of sp³-hybridized carbons (Fsp3) is 0.400. The Morgan fingerprint density at radius 2 is 1.81 bits per heavy atom. The maximum atomic E-state index is 11.8. The smallest absolute Gasteiger partial charge is 0.237 e. The summed E-state index contributed by atoms with van der Waals surface area (Å²) in [5, 5.41) is 5.27. The largest absolute Gasteiger partial charge is 0.354 e. The number of carbonyl (C=O) groups is 3. The summed E-state index contributed by atoms with van der Waals surface area (Å²) in [7, 11) is 0. The maximum absolute atomic E-state index is 11.8. The van der Waals surface area contributed by atoms with Crippen molar-refractivity contribution in [1.82, 2.24) is 10.6 Å². The van der Waals surface area contributed by atoms with Gasteiger partial charge in [0.25, 0.3) is 0 Å². The predicted molar refractivity (Wildman–Crippen MR) is 79.4 cm³/mol. The summed E-state index contributed by atoms with van der Waals surface area (Å²) in [6, 6.07) is 8.92. The Balaban J connectivity index is 2.18. The van der Waals surface area contributed by atoms with Gasteiger partial charge in [0.05, 0.1) is 6.04 Å². The maximum Gasteiger partial charge on any atom is 0.237 e. The first-order valence-corrected chi connectivity index (χ1v) is 6.91. The highest BCUT2D eigenvalue weighted by atomic mass is 16.2. The first-order chi connectivity index (χ1) is 10.1. The summed E-state index contributed by atoms with van der Waals surface area (Å²) in [5.74, 6) is -0.453. The molecule has 4 N–H and O–H groups in total. The van der Waals surface area contributed by atoms with Gasteiger partial charge in [0.15, 0.2) is 0 Å². The molecule has 0 aliphatic heterocycles. The predicted octanol–water partition coefficient (Wildman–Crippen LogP) is -0.232. The lowest BCUT2D eigenvalue weighted by molar-refractivity contribution is -0.124. The van der Waals surface area contributed by atoms with E-state index in [1.54, 1.807) is 0 Å². The van der Waals surface area contributed by atoms with Crippen molar-refractivity contribution in [1.29, 1.82) is 0 Å². The molecule has 0 aliphatic rings. The lowest BCUT2D eigenvalue weighted by Crippen LogP contribution is -2.44. The number of hydrogen-bond donors (Lipinski definition) is 3. The molecule has 0 bridgehead atoms. The molecule has 0 heterocycles. The molecule has 2 amide bonds. The molecule has 1 atom stereocenters. The fourth-order valence-electron chi connectivity index (χ4n) is 1.76. The van der Waals surface area contributed by atoms with E-state index in [4.69, 9.17) is 5.73 Å². The van der Waals surface area contributed by atoms with Gasteiger partial charge in [-0.2, -0.15) is 0 Å². The Kier molecular flexibility index (Phi) is 7.74. The quantitative estimate of drug-likeness (QED) is 0.432. The Morgan fingerprint density at radius 3 is 2.48 bits per heavy atom. The number of nitrogens with one attached hydrogen (secondary N) is 2. The van der Waals surface area contributed by atoms with Crippen molar-refractivity contribution in [2.24, 2.45) is 5.73 Å². The van der Waals surface area contributed by atoms with Crippen LogP contribution in [0.3, 0.4) is 0 Å². The van der Waals surface area contributed by atoms with Gasteiger partial charge in [-0.15, -0.1) is 0 Å². The Labute approximate surface area is 124 Å². The Hall–Kier alpha value is -2.21. The second-order valence-electron chi connectivity index (χ2n) is 4.64. The van der Waals surface area contributed by atoms with Crippen molar-refractivity contribution in [2.45, 2.75) is 25.3 Å². The summed E-state index contributed by atoms with van der Waals surface area (Å²) in [6.07, 6.45) is 1.55. The molecule has 21 heavy (non-hydrogen) atoms. The zero-order chi connectivity index (χ0) is 15.5. The van der Waals surface area contributed by atoms with Gasteiger partial charge in [0.1, 0.15) is 6.29 Å². The van der Waals surface area contributed by atoms with E-state index in [0.29, 0.717) is 25.8 Å². The summed E-state index contributed by atoms with van der Waals surface area (Å²) >= 11 is 0. The molecular weight excluding hydrogens is 270 g/mol. The van der Waals surface area contributed by atoms with Gasteiger partial charge < -0.3 is 21.2 Å². The molecule has 114 valence electrons. The number of hydrogen-bond acceptors (Lipinski definition) is 4. The van der Waals surface area contributed by atoms with E-state index < -0.39 is 6.04 Å². The molecule has 0 aromatic heterocycles. The summed E-state index contributed by atoms with van der Waals surface area (Å²) in [5.41, 5.74) is 6.82. The van der Waals surface area contributed by atoms with Crippen molar-refractivity contribution in [2.75, 3.05) is 13.1 Å². The molecule has 6 nitrogen and oxygen atoms in total. The molecule has 0 fully saturated rings. The van der Waals surface area contributed by atoms with Gasteiger partial charge in [0.2, 0.25) is 11.8 Å². The van der Waals surface area contributed by atoms with E-state index in [0.717, 1.165) is 5.56 Å². The van der Waals surface area contributed by atoms with Crippen LogP contribution in [0, 0.1) is 0 Å². The number of carbonyl (C=O) groups excluding carboxylic acids is 3. The van der Waals surface area contributed by atoms with Crippen molar-refractivity contribution in [3.63, 3.8) is 0 Å². The number of aldehydes is 1. The zero-order valence-electron chi connectivity index (χ0n) is 11.9. The number of amides is 2. The molecule has 0 spiro atoms. The van der Waals surface area contributed by atoms with Crippen molar-refractivity contribution < 1.29 is 14.4 Å². The third kappa shape index (κ3) is 7.22. The standard InChI is InChI=1S/C15H21N3O3/c16-13(11-12-5-2-1-3-6-12)15(21)18-9-8-17-14(20)7-4-10-19/h1-3,5-6,10,13H,4,7-9,11,16H2,(H,17,20)(H,18,21). The van der Waals surface area contributed by atoms with E-state index in [1.165, 1.54) is 0 Å². The van der Waals surface area contributed by atoms with E-state index in [9.17, 15) is 14.4 Å². The first kappa shape index (κ1) is 16.8. The van der Waals surface area contributed by atoms with Crippen LogP contribution in [0.5, 0.6) is 0 Å². The van der Waals surface area contributed by atoms with Crippen LogP contribution in [-0.2, 0) is 20.8 Å². The van der Waals surface area contributed by atoms with E-state index in [1.807, 2.05) is 30.3 Å². The summed E-state index contributed by atoms with van der Waals surface area (Å²) < 4.78 is 0.